The molecule has 1 aliphatic heterocycles. The first-order chi connectivity index (χ1) is 15.9. The fourth-order valence-corrected chi connectivity index (χ4v) is 3.81. The molecule has 2 atom stereocenters. The van der Waals surface area contributed by atoms with Crippen LogP contribution < -0.4 is 10.1 Å². The van der Waals surface area contributed by atoms with Crippen LogP contribution in [0.3, 0.4) is 0 Å². The average Bonchev–Trinajstić information content (AvgIpc) is 2.85. The molecule has 0 spiro atoms. The number of phenols is 1. The highest BCUT2D eigenvalue weighted by Gasteiger charge is 2.25. The molecule has 184 valence electrons. The van der Waals surface area contributed by atoms with Crippen molar-refractivity contribution in [3.05, 3.63) is 59.4 Å². The third kappa shape index (κ3) is 9.34. The lowest BCUT2D eigenvalue weighted by Crippen LogP contribution is -2.45. The third-order valence-electron chi connectivity index (χ3n) is 5.71. The van der Waals surface area contributed by atoms with Gasteiger partial charge in [-0.25, -0.2) is 0 Å². The molecule has 0 aromatic heterocycles. The zero-order valence-electron chi connectivity index (χ0n) is 21.4. The first-order valence-corrected chi connectivity index (χ1v) is 11.8. The van der Waals surface area contributed by atoms with Crippen molar-refractivity contribution in [2.45, 2.75) is 53.5 Å². The van der Waals surface area contributed by atoms with Gasteiger partial charge in [-0.3, -0.25) is 9.69 Å². The predicted octanol–water partition coefficient (Wildman–Crippen LogP) is 5.31. The smallest absolute Gasteiger partial charge is 0.251 e. The Labute approximate surface area is 200 Å². The second-order valence-electron chi connectivity index (χ2n) is 7.96. The highest BCUT2D eigenvalue weighted by molar-refractivity contribution is 5.95. The van der Waals surface area contributed by atoms with Crippen LogP contribution in [0.1, 0.15) is 57.8 Å². The predicted molar refractivity (Wildman–Crippen MR) is 136 cm³/mol. The molecule has 0 bridgehead atoms. The molecule has 33 heavy (non-hydrogen) atoms. The SMILES string of the molecule is C/C=C/C(=C\C=C(/C)OC)C(C)N1CCC[C@H](CNC(=O)c2cc(O)cc(OC)c2)C1.CC. The van der Waals surface area contributed by atoms with Crippen molar-refractivity contribution in [3.63, 3.8) is 0 Å². The van der Waals surface area contributed by atoms with Crippen LogP contribution in [0.5, 0.6) is 11.5 Å². The molecule has 2 rings (SSSR count). The molecule has 1 aliphatic rings. The van der Waals surface area contributed by atoms with Gasteiger partial charge in [0.1, 0.15) is 11.5 Å². The average molecular weight is 459 g/mol. The van der Waals surface area contributed by atoms with Gasteiger partial charge >= 0.3 is 0 Å². The maximum atomic E-state index is 12.6. The number of hydrogen-bond donors (Lipinski definition) is 2. The summed E-state index contributed by atoms with van der Waals surface area (Å²) in [6.07, 6.45) is 10.5. The normalized spacial score (nSPS) is 18.3. The first kappa shape index (κ1) is 28.3. The summed E-state index contributed by atoms with van der Waals surface area (Å²) in [5.74, 6) is 1.53. The number of aromatic hydroxyl groups is 1. The van der Waals surface area contributed by atoms with E-state index in [0.717, 1.165) is 31.7 Å². The van der Waals surface area contributed by atoms with Crippen LogP contribution in [-0.4, -0.2) is 55.8 Å². The number of piperidine rings is 1. The minimum atomic E-state index is -0.200. The largest absolute Gasteiger partial charge is 0.508 e. The van der Waals surface area contributed by atoms with Crippen LogP contribution in [0.4, 0.5) is 0 Å². The number of rotatable bonds is 9. The summed E-state index contributed by atoms with van der Waals surface area (Å²) in [4.78, 5) is 15.0. The van der Waals surface area contributed by atoms with Gasteiger partial charge in [-0.05, 0) is 69.9 Å². The second-order valence-corrected chi connectivity index (χ2v) is 7.96. The van der Waals surface area contributed by atoms with Crippen LogP contribution in [0.2, 0.25) is 0 Å². The number of carbonyl (C=O) groups is 1. The molecule has 2 N–H and O–H groups in total. The van der Waals surface area contributed by atoms with Gasteiger partial charge in [-0.2, -0.15) is 0 Å². The Hall–Kier alpha value is -2.73. The molecule has 6 heteroatoms. The van der Waals surface area contributed by atoms with Crippen molar-refractivity contribution in [1.82, 2.24) is 10.2 Å². The third-order valence-corrected chi connectivity index (χ3v) is 5.71. The van der Waals surface area contributed by atoms with Crippen molar-refractivity contribution in [1.29, 1.82) is 0 Å². The van der Waals surface area contributed by atoms with Gasteiger partial charge in [-0.1, -0.05) is 32.1 Å². The standard InChI is InChI=1S/C25H36N2O4.C2H6/c1-6-8-21(11-10-18(2)30-4)19(3)27-12-7-9-20(17-27)16-26-25(29)22-13-23(28)15-24(14-22)31-5;1-2/h6,8,10-11,13-15,19-20,28H,7,9,12,16-17H2,1-5H3,(H,26,29);1-2H3/b8-6+,18-10+,21-11+;/t19?,20-;/m1./s1. The number of hydrogen-bond acceptors (Lipinski definition) is 5. The zero-order chi connectivity index (χ0) is 24.8. The Morgan fingerprint density at radius 1 is 1.27 bits per heavy atom. The molecule has 1 unspecified atom stereocenters. The van der Waals surface area contributed by atoms with Crippen LogP contribution in [0.25, 0.3) is 0 Å². The van der Waals surface area contributed by atoms with E-state index in [1.54, 1.807) is 13.2 Å². The molecule has 1 fully saturated rings. The molecule has 1 aromatic rings. The van der Waals surface area contributed by atoms with Crippen LogP contribution in [-0.2, 0) is 4.74 Å². The summed E-state index contributed by atoms with van der Waals surface area (Å²) in [5.41, 5.74) is 1.63. The van der Waals surface area contributed by atoms with Gasteiger partial charge in [0.15, 0.2) is 0 Å². The molecule has 0 saturated carbocycles. The topological polar surface area (TPSA) is 71.0 Å². The molecular weight excluding hydrogens is 416 g/mol. The van der Waals surface area contributed by atoms with Crippen LogP contribution >= 0.6 is 0 Å². The molecule has 6 nitrogen and oxygen atoms in total. The van der Waals surface area contributed by atoms with E-state index in [-0.39, 0.29) is 17.7 Å². The van der Waals surface area contributed by atoms with Gasteiger partial charge in [0.2, 0.25) is 0 Å². The Kier molecular flexibility index (Phi) is 13.0. The lowest BCUT2D eigenvalue weighted by molar-refractivity contribution is 0.0925. The van der Waals surface area contributed by atoms with Crippen molar-refractivity contribution in [2.24, 2.45) is 5.92 Å². The second kappa shape index (κ2) is 15.2. The number of benzene rings is 1. The molecule has 1 saturated heterocycles. The monoisotopic (exact) mass is 458 g/mol. The van der Waals surface area contributed by atoms with Gasteiger partial charge in [0, 0.05) is 30.8 Å². The number of amides is 1. The minimum Gasteiger partial charge on any atom is -0.508 e. The van der Waals surface area contributed by atoms with Crippen LogP contribution in [0.15, 0.2) is 53.8 Å². The summed E-state index contributed by atoms with van der Waals surface area (Å²) in [5, 5.41) is 12.8. The van der Waals surface area contributed by atoms with Crippen LogP contribution in [0, 0.1) is 5.92 Å². The van der Waals surface area contributed by atoms with E-state index in [2.05, 4.69) is 35.4 Å². The number of likely N-dealkylation sites (tertiary alicyclic amines) is 1. The Morgan fingerprint density at radius 3 is 2.64 bits per heavy atom. The maximum absolute atomic E-state index is 12.6. The van der Waals surface area contributed by atoms with E-state index in [9.17, 15) is 9.90 Å². The Bertz CT molecular complexity index is 829. The number of allylic oxidation sites excluding steroid dienone is 4. The summed E-state index contributed by atoms with van der Waals surface area (Å²) in [6, 6.07) is 4.84. The van der Waals surface area contributed by atoms with Gasteiger partial charge in [0.25, 0.3) is 5.91 Å². The van der Waals surface area contributed by atoms with E-state index >= 15 is 0 Å². The molecular formula is C27H42N2O4. The van der Waals surface area contributed by atoms with Crippen molar-refractivity contribution < 1.29 is 19.4 Å². The number of phenolic OH excluding ortho intramolecular Hbond substituents is 1. The fraction of sp³-hybridized carbons (Fsp3) is 0.519. The zero-order valence-corrected chi connectivity index (χ0v) is 21.4. The van der Waals surface area contributed by atoms with Gasteiger partial charge in [-0.15, -0.1) is 0 Å². The number of nitrogens with one attached hydrogen (secondary N) is 1. The number of methoxy groups -OCH3 is 2. The highest BCUT2D eigenvalue weighted by Crippen LogP contribution is 2.23. The summed E-state index contributed by atoms with van der Waals surface area (Å²) < 4.78 is 10.4. The van der Waals surface area contributed by atoms with E-state index in [1.165, 1.54) is 24.8 Å². The van der Waals surface area contributed by atoms with Crippen molar-refractivity contribution in [2.75, 3.05) is 33.9 Å². The lowest BCUT2D eigenvalue weighted by Gasteiger charge is -2.37. The Balaban J connectivity index is 0.00000265. The summed E-state index contributed by atoms with van der Waals surface area (Å²) >= 11 is 0. The summed E-state index contributed by atoms with van der Waals surface area (Å²) in [6.45, 7) is 12.8. The highest BCUT2D eigenvalue weighted by atomic mass is 16.5. The maximum Gasteiger partial charge on any atom is 0.251 e. The van der Waals surface area contributed by atoms with Gasteiger partial charge < -0.3 is 19.9 Å². The number of nitrogens with zero attached hydrogens (tertiary/aromatic N) is 1. The van der Waals surface area contributed by atoms with E-state index < -0.39 is 0 Å². The lowest BCUT2D eigenvalue weighted by atomic mass is 9.94. The summed E-state index contributed by atoms with van der Waals surface area (Å²) in [7, 11) is 3.19. The molecule has 1 heterocycles. The fourth-order valence-electron chi connectivity index (χ4n) is 3.81. The van der Waals surface area contributed by atoms with Crippen molar-refractivity contribution >= 4 is 5.91 Å². The quantitative estimate of drug-likeness (QED) is 0.388. The van der Waals surface area contributed by atoms with E-state index in [0.29, 0.717) is 23.8 Å². The van der Waals surface area contributed by atoms with Gasteiger partial charge in [0.05, 0.1) is 20.0 Å². The molecule has 1 amide bonds. The van der Waals surface area contributed by atoms with Crippen molar-refractivity contribution in [3.8, 4) is 11.5 Å². The minimum absolute atomic E-state index is 0.0169. The van der Waals surface area contributed by atoms with E-state index in [1.807, 2.05) is 33.8 Å². The van der Waals surface area contributed by atoms with E-state index in [4.69, 9.17) is 9.47 Å². The first-order valence-electron chi connectivity index (χ1n) is 11.8. The molecule has 0 aliphatic carbocycles. The molecule has 1 aromatic carbocycles. The molecule has 0 radical (unpaired) electrons. The number of ether oxygens (including phenoxy) is 2. The Morgan fingerprint density at radius 2 is 2.00 bits per heavy atom. The number of carbonyl (C=O) groups excluding carboxylic acids is 1.